The fourth-order valence-electron chi connectivity index (χ4n) is 2.31. The number of unbranched alkanes of at least 4 members (excludes halogenated alkanes) is 1. The van der Waals surface area contributed by atoms with Crippen molar-refractivity contribution in [2.24, 2.45) is 5.92 Å². The first-order valence-corrected chi connectivity index (χ1v) is 7.39. The van der Waals surface area contributed by atoms with Gasteiger partial charge in [0.1, 0.15) is 6.04 Å². The van der Waals surface area contributed by atoms with E-state index in [0.29, 0.717) is 12.0 Å². The molecule has 114 valence electrons. The van der Waals surface area contributed by atoms with Crippen LogP contribution >= 0.6 is 0 Å². The van der Waals surface area contributed by atoms with E-state index >= 15 is 0 Å². The molecule has 1 N–H and O–H groups in total. The van der Waals surface area contributed by atoms with E-state index in [0.717, 1.165) is 32.2 Å². The third-order valence-corrected chi connectivity index (χ3v) is 3.11. The zero-order chi connectivity index (χ0) is 14.8. The molecule has 0 bridgehead atoms. The van der Waals surface area contributed by atoms with Gasteiger partial charge < -0.3 is 15.0 Å². The van der Waals surface area contributed by atoms with E-state index in [2.05, 4.69) is 45.1 Å². The largest absolute Gasteiger partial charge is 0.468 e. The number of likely N-dealkylation sites (N-methyl/N-ethyl adjacent to an activating group) is 1. The van der Waals surface area contributed by atoms with Gasteiger partial charge in [-0.25, -0.2) is 0 Å². The predicted molar refractivity (Wildman–Crippen MR) is 80.3 cm³/mol. The van der Waals surface area contributed by atoms with E-state index in [1.54, 1.807) is 0 Å². The summed E-state index contributed by atoms with van der Waals surface area (Å²) in [5.74, 6) is 0.475. The molecule has 0 aromatic carbocycles. The maximum absolute atomic E-state index is 11.8. The monoisotopic (exact) mass is 272 g/mol. The lowest BCUT2D eigenvalue weighted by Gasteiger charge is -2.28. The van der Waals surface area contributed by atoms with Crippen LogP contribution in [0, 0.1) is 5.92 Å². The topological polar surface area (TPSA) is 41.6 Å². The van der Waals surface area contributed by atoms with E-state index in [1.807, 2.05) is 0 Å². The summed E-state index contributed by atoms with van der Waals surface area (Å²) in [6.07, 6.45) is 4.06. The minimum absolute atomic E-state index is 0.138. The van der Waals surface area contributed by atoms with Crippen LogP contribution in [-0.2, 0) is 9.53 Å². The fraction of sp³-hybridized carbons (Fsp3) is 0.933. The van der Waals surface area contributed by atoms with Crippen molar-refractivity contribution in [3.63, 3.8) is 0 Å². The number of hydrogen-bond donors (Lipinski definition) is 1. The molecule has 0 saturated heterocycles. The Morgan fingerprint density at radius 3 is 2.37 bits per heavy atom. The normalized spacial score (nSPS) is 14.7. The first kappa shape index (κ1) is 18.4. The maximum atomic E-state index is 11.8. The van der Waals surface area contributed by atoms with Crippen LogP contribution in [0.4, 0.5) is 0 Å². The zero-order valence-electron chi connectivity index (χ0n) is 13.5. The van der Waals surface area contributed by atoms with Crippen molar-refractivity contribution >= 4 is 5.97 Å². The minimum atomic E-state index is -0.173. The van der Waals surface area contributed by atoms with Crippen molar-refractivity contribution in [1.29, 1.82) is 0 Å². The van der Waals surface area contributed by atoms with Gasteiger partial charge in [-0.3, -0.25) is 4.79 Å². The van der Waals surface area contributed by atoms with Crippen LogP contribution in [0.5, 0.6) is 0 Å². The summed E-state index contributed by atoms with van der Waals surface area (Å²) in [7, 11) is 5.59. The number of esters is 1. The van der Waals surface area contributed by atoms with Crippen LogP contribution in [0.25, 0.3) is 0 Å². The third-order valence-electron chi connectivity index (χ3n) is 3.11. The Labute approximate surface area is 118 Å². The van der Waals surface area contributed by atoms with Crippen LogP contribution in [0.3, 0.4) is 0 Å². The van der Waals surface area contributed by atoms with Crippen LogP contribution in [0.1, 0.15) is 46.5 Å². The third kappa shape index (κ3) is 9.00. The van der Waals surface area contributed by atoms with Crippen molar-refractivity contribution in [3.05, 3.63) is 0 Å². The van der Waals surface area contributed by atoms with Crippen LogP contribution in [0.2, 0.25) is 0 Å². The Hall–Kier alpha value is -0.610. The average molecular weight is 272 g/mol. The second kappa shape index (κ2) is 10.2. The molecule has 4 heteroatoms. The molecule has 0 radical (unpaired) electrons. The van der Waals surface area contributed by atoms with Gasteiger partial charge in [-0.2, -0.15) is 0 Å². The summed E-state index contributed by atoms with van der Waals surface area (Å²) in [4.78, 5) is 14.0. The predicted octanol–water partition coefficient (Wildman–Crippen LogP) is 2.28. The molecule has 0 aliphatic rings. The molecule has 0 heterocycles. The molecule has 2 unspecified atom stereocenters. The van der Waals surface area contributed by atoms with E-state index in [-0.39, 0.29) is 12.0 Å². The van der Waals surface area contributed by atoms with Crippen molar-refractivity contribution < 1.29 is 9.53 Å². The second-order valence-corrected chi connectivity index (χ2v) is 5.97. The molecule has 4 nitrogen and oxygen atoms in total. The molecule has 0 fully saturated rings. The van der Waals surface area contributed by atoms with Gasteiger partial charge in [0.2, 0.25) is 0 Å². The van der Waals surface area contributed by atoms with Crippen LogP contribution in [-0.4, -0.2) is 50.7 Å². The molecule has 0 aromatic heterocycles. The number of rotatable bonds is 10. The van der Waals surface area contributed by atoms with Crippen molar-refractivity contribution in [2.75, 3.05) is 27.7 Å². The zero-order valence-corrected chi connectivity index (χ0v) is 13.5. The molecule has 0 spiro atoms. The number of hydrogen-bond acceptors (Lipinski definition) is 4. The highest BCUT2D eigenvalue weighted by Gasteiger charge is 2.23. The molecule has 19 heavy (non-hydrogen) atoms. The molecule has 0 aliphatic carbocycles. The first-order chi connectivity index (χ1) is 8.90. The standard InChI is InChI=1S/C15H32N2O2/c1-7-8-9-14(15(18)19-6)16-13(10-12(2)3)11-17(4)5/h12-14,16H,7-11H2,1-6H3. The molecule has 2 atom stereocenters. The molecule has 0 saturated carbocycles. The molecular weight excluding hydrogens is 240 g/mol. The summed E-state index contributed by atoms with van der Waals surface area (Å²) >= 11 is 0. The molecule has 0 aliphatic heterocycles. The fourth-order valence-corrected chi connectivity index (χ4v) is 2.31. The van der Waals surface area contributed by atoms with E-state index < -0.39 is 0 Å². The summed E-state index contributed by atoms with van der Waals surface area (Å²) < 4.78 is 4.91. The number of methoxy groups -OCH3 is 1. The average Bonchev–Trinajstić information content (AvgIpc) is 2.31. The van der Waals surface area contributed by atoms with Gasteiger partial charge in [0.15, 0.2) is 0 Å². The summed E-state index contributed by atoms with van der Waals surface area (Å²) in [5.41, 5.74) is 0. The highest BCUT2D eigenvalue weighted by atomic mass is 16.5. The summed E-state index contributed by atoms with van der Waals surface area (Å²) in [6.45, 7) is 7.50. The number of carbonyl (C=O) groups is 1. The highest BCUT2D eigenvalue weighted by Crippen LogP contribution is 2.10. The number of nitrogens with zero attached hydrogens (tertiary/aromatic N) is 1. The maximum Gasteiger partial charge on any atom is 0.322 e. The van der Waals surface area contributed by atoms with E-state index in [9.17, 15) is 4.79 Å². The Bertz CT molecular complexity index is 232. The Kier molecular flexibility index (Phi) is 9.88. The summed E-state index contributed by atoms with van der Waals surface area (Å²) in [6, 6.07) is 0.157. The van der Waals surface area contributed by atoms with Crippen LogP contribution in [0.15, 0.2) is 0 Å². The Morgan fingerprint density at radius 2 is 1.95 bits per heavy atom. The van der Waals surface area contributed by atoms with Gasteiger partial charge in [-0.15, -0.1) is 0 Å². The van der Waals surface area contributed by atoms with Crippen molar-refractivity contribution in [3.8, 4) is 0 Å². The second-order valence-electron chi connectivity index (χ2n) is 5.97. The summed E-state index contributed by atoms with van der Waals surface area (Å²) in [5, 5.41) is 3.49. The van der Waals surface area contributed by atoms with Gasteiger partial charge in [-0.1, -0.05) is 33.6 Å². The number of ether oxygens (including phenoxy) is 1. The molecule has 0 amide bonds. The Balaban J connectivity index is 4.55. The van der Waals surface area contributed by atoms with Gasteiger partial charge in [0, 0.05) is 12.6 Å². The lowest BCUT2D eigenvalue weighted by atomic mass is 10.0. The minimum Gasteiger partial charge on any atom is -0.468 e. The van der Waals surface area contributed by atoms with E-state index in [4.69, 9.17) is 4.74 Å². The van der Waals surface area contributed by atoms with E-state index in [1.165, 1.54) is 7.11 Å². The number of nitrogens with one attached hydrogen (secondary N) is 1. The quantitative estimate of drug-likeness (QED) is 0.620. The lowest BCUT2D eigenvalue weighted by Crippen LogP contribution is -2.48. The first-order valence-electron chi connectivity index (χ1n) is 7.39. The van der Waals surface area contributed by atoms with Crippen LogP contribution < -0.4 is 5.32 Å². The Morgan fingerprint density at radius 1 is 1.32 bits per heavy atom. The van der Waals surface area contributed by atoms with Gasteiger partial charge in [0.25, 0.3) is 0 Å². The van der Waals surface area contributed by atoms with Gasteiger partial charge in [-0.05, 0) is 32.9 Å². The lowest BCUT2D eigenvalue weighted by molar-refractivity contribution is -0.143. The molecule has 0 aromatic rings. The smallest absolute Gasteiger partial charge is 0.322 e. The van der Waals surface area contributed by atoms with Crippen molar-refractivity contribution in [1.82, 2.24) is 10.2 Å². The SMILES string of the molecule is CCCCC(NC(CC(C)C)CN(C)C)C(=O)OC. The van der Waals surface area contributed by atoms with Gasteiger partial charge in [0.05, 0.1) is 7.11 Å². The molecule has 0 rings (SSSR count). The van der Waals surface area contributed by atoms with Gasteiger partial charge >= 0.3 is 5.97 Å². The van der Waals surface area contributed by atoms with Crippen molar-refractivity contribution in [2.45, 2.75) is 58.5 Å². The number of carbonyl (C=O) groups excluding carboxylic acids is 1. The molecular formula is C15H32N2O2. The highest BCUT2D eigenvalue weighted by molar-refractivity contribution is 5.75.